The number of carbonyl (C=O) groups excluding carboxylic acids is 5. The number of esters is 5. The van der Waals surface area contributed by atoms with E-state index in [0.717, 1.165) is 13.8 Å². The number of aliphatic hydroxyl groups excluding tert-OH is 1. The Hall–Kier alpha value is -3.03. The number of hydrogen-bond acceptors (Lipinski definition) is 13. The summed E-state index contributed by atoms with van der Waals surface area (Å²) in [6.07, 6.45) is -5.59. The standard InChI is InChI=1S/C28H38O13/c1-12-25(34)40-22-8-17(11-29)18(36-13(2)30)9-19(37-14(3)31)26(6)20(38-15(4)32)10-21-27(7,41-21)23(26)24(28(12,22)35)39-16(5)33/h8,12,18-24,29,35H,9-11H2,1-7H3. The van der Waals surface area contributed by atoms with E-state index in [0.29, 0.717) is 0 Å². The molecule has 0 spiro atoms. The molecule has 0 amide bonds. The van der Waals surface area contributed by atoms with Gasteiger partial charge in [-0.25, -0.2) is 0 Å². The van der Waals surface area contributed by atoms with Gasteiger partial charge in [-0.2, -0.15) is 0 Å². The van der Waals surface area contributed by atoms with Gasteiger partial charge in [0.25, 0.3) is 0 Å². The minimum Gasteiger partial charge on any atom is -0.462 e. The summed E-state index contributed by atoms with van der Waals surface area (Å²) in [4.78, 5) is 62.7. The Labute approximate surface area is 237 Å². The summed E-state index contributed by atoms with van der Waals surface area (Å²) < 4.78 is 34.8. The maximum atomic E-state index is 13.0. The maximum Gasteiger partial charge on any atom is 0.312 e. The van der Waals surface area contributed by atoms with Gasteiger partial charge in [0.2, 0.25) is 0 Å². The molecular formula is C28H38O13. The van der Waals surface area contributed by atoms with Gasteiger partial charge < -0.3 is 38.6 Å². The van der Waals surface area contributed by atoms with Gasteiger partial charge in [0.05, 0.1) is 29.6 Å². The van der Waals surface area contributed by atoms with Crippen LogP contribution in [0.15, 0.2) is 11.6 Å². The second-order valence-electron chi connectivity index (χ2n) is 11.8. The first-order valence-corrected chi connectivity index (χ1v) is 13.6. The molecule has 4 rings (SSSR count). The van der Waals surface area contributed by atoms with E-state index in [1.165, 1.54) is 26.8 Å². The Morgan fingerprint density at radius 3 is 1.98 bits per heavy atom. The summed E-state index contributed by atoms with van der Waals surface area (Å²) in [7, 11) is 0. The molecule has 2 N–H and O–H groups in total. The number of epoxide rings is 1. The zero-order chi connectivity index (χ0) is 30.7. The van der Waals surface area contributed by atoms with Gasteiger partial charge in [0.1, 0.15) is 24.4 Å². The molecular weight excluding hydrogens is 544 g/mol. The van der Waals surface area contributed by atoms with Crippen LogP contribution in [0.3, 0.4) is 0 Å². The Morgan fingerprint density at radius 1 is 0.927 bits per heavy atom. The van der Waals surface area contributed by atoms with E-state index in [4.69, 9.17) is 28.4 Å². The normalized spacial score (nSPS) is 43.1. The SMILES string of the molecule is CC(=O)OC1CC(OC(C)=O)C2(C)C(OC(C)=O)CC3OC3(C)C2C(OC(C)=O)C2(O)C(C=C1CO)OC(=O)C2C. The van der Waals surface area contributed by atoms with Crippen molar-refractivity contribution in [1.29, 1.82) is 0 Å². The van der Waals surface area contributed by atoms with Crippen molar-refractivity contribution >= 4 is 29.8 Å². The summed E-state index contributed by atoms with van der Waals surface area (Å²) in [6.45, 7) is 8.85. The van der Waals surface area contributed by atoms with Crippen LogP contribution in [0.1, 0.15) is 61.3 Å². The number of hydrogen-bond donors (Lipinski definition) is 2. The topological polar surface area (TPSA) is 184 Å². The molecule has 13 nitrogen and oxygen atoms in total. The molecule has 2 heterocycles. The van der Waals surface area contributed by atoms with Gasteiger partial charge >= 0.3 is 29.8 Å². The second-order valence-corrected chi connectivity index (χ2v) is 11.8. The first kappa shape index (κ1) is 30.9. The number of rotatable bonds is 5. The van der Waals surface area contributed by atoms with Gasteiger partial charge in [-0.3, -0.25) is 24.0 Å². The van der Waals surface area contributed by atoms with E-state index >= 15 is 0 Å². The molecule has 1 saturated carbocycles. The fourth-order valence-electron chi connectivity index (χ4n) is 7.20. The van der Waals surface area contributed by atoms with Gasteiger partial charge in [-0.05, 0) is 25.5 Å². The summed E-state index contributed by atoms with van der Waals surface area (Å²) in [5.41, 5.74) is -4.72. The molecule has 2 aliphatic carbocycles. The van der Waals surface area contributed by atoms with Crippen LogP contribution in [-0.2, 0) is 52.4 Å². The van der Waals surface area contributed by atoms with Crippen LogP contribution in [0.4, 0.5) is 0 Å². The van der Waals surface area contributed by atoms with Gasteiger partial charge in [-0.15, -0.1) is 0 Å². The summed E-state index contributed by atoms with van der Waals surface area (Å²) in [5.74, 6) is -5.92. The second kappa shape index (κ2) is 10.7. The average Bonchev–Trinajstić information content (AvgIpc) is 3.45. The van der Waals surface area contributed by atoms with E-state index in [-0.39, 0.29) is 18.4 Å². The molecule has 11 atom stereocenters. The van der Waals surface area contributed by atoms with Crippen molar-refractivity contribution in [3.8, 4) is 0 Å². The zero-order valence-electron chi connectivity index (χ0n) is 24.2. The molecule has 41 heavy (non-hydrogen) atoms. The summed E-state index contributed by atoms with van der Waals surface area (Å²) in [6, 6.07) is 0. The van der Waals surface area contributed by atoms with Crippen LogP contribution in [0, 0.1) is 17.3 Å². The lowest BCUT2D eigenvalue weighted by Gasteiger charge is -2.55. The lowest BCUT2D eigenvalue weighted by atomic mass is 9.53. The highest BCUT2D eigenvalue weighted by atomic mass is 16.6. The zero-order valence-corrected chi connectivity index (χ0v) is 24.2. The van der Waals surface area contributed by atoms with Crippen LogP contribution in [0.25, 0.3) is 0 Å². The first-order valence-electron chi connectivity index (χ1n) is 13.6. The lowest BCUT2D eigenvalue weighted by Crippen LogP contribution is -2.69. The molecule has 4 aliphatic rings. The van der Waals surface area contributed by atoms with E-state index in [1.807, 2.05) is 0 Å². The monoisotopic (exact) mass is 582 g/mol. The molecule has 0 aromatic heterocycles. The smallest absolute Gasteiger partial charge is 0.312 e. The number of ether oxygens (including phenoxy) is 6. The van der Waals surface area contributed by atoms with Gasteiger partial charge in [0.15, 0.2) is 11.7 Å². The number of carbonyl (C=O) groups is 5. The Bertz CT molecular complexity index is 1160. The summed E-state index contributed by atoms with van der Waals surface area (Å²) >= 11 is 0. The largest absolute Gasteiger partial charge is 0.462 e. The Morgan fingerprint density at radius 2 is 1.46 bits per heavy atom. The van der Waals surface area contributed by atoms with Crippen molar-refractivity contribution < 1.29 is 62.6 Å². The van der Waals surface area contributed by atoms with Crippen molar-refractivity contribution in [3.05, 3.63) is 11.6 Å². The minimum atomic E-state index is -2.23. The molecule has 0 aromatic carbocycles. The van der Waals surface area contributed by atoms with E-state index < -0.39 is 102 Å². The van der Waals surface area contributed by atoms with Crippen LogP contribution in [-0.4, -0.2) is 94.5 Å². The number of aliphatic hydroxyl groups is 2. The molecule has 0 radical (unpaired) electrons. The van der Waals surface area contributed by atoms with E-state index in [2.05, 4.69) is 0 Å². The first-order chi connectivity index (χ1) is 19.0. The van der Waals surface area contributed by atoms with Crippen LogP contribution in [0.5, 0.6) is 0 Å². The summed E-state index contributed by atoms with van der Waals surface area (Å²) in [5, 5.41) is 22.8. The third kappa shape index (κ3) is 5.12. The number of fused-ring (bicyclic) bond motifs is 4. The third-order valence-corrected chi connectivity index (χ3v) is 9.19. The Balaban J connectivity index is 2.08. The third-order valence-electron chi connectivity index (χ3n) is 9.19. The van der Waals surface area contributed by atoms with Crippen molar-refractivity contribution in [2.75, 3.05) is 6.61 Å². The molecule has 2 aliphatic heterocycles. The highest BCUT2D eigenvalue weighted by Crippen LogP contribution is 2.64. The fourth-order valence-corrected chi connectivity index (χ4v) is 7.20. The van der Waals surface area contributed by atoms with Crippen molar-refractivity contribution in [1.82, 2.24) is 0 Å². The van der Waals surface area contributed by atoms with Crippen LogP contribution in [0.2, 0.25) is 0 Å². The Kier molecular flexibility index (Phi) is 8.04. The van der Waals surface area contributed by atoms with Crippen molar-refractivity contribution in [2.45, 2.75) is 109 Å². The van der Waals surface area contributed by atoms with Crippen LogP contribution >= 0.6 is 0 Å². The van der Waals surface area contributed by atoms with Gasteiger partial charge in [0, 0.05) is 46.5 Å². The molecule has 13 heteroatoms. The van der Waals surface area contributed by atoms with Crippen molar-refractivity contribution in [3.63, 3.8) is 0 Å². The molecule has 3 fully saturated rings. The molecule has 0 bridgehead atoms. The van der Waals surface area contributed by atoms with Gasteiger partial charge in [-0.1, -0.05) is 6.92 Å². The lowest BCUT2D eigenvalue weighted by molar-refractivity contribution is -0.235. The fraction of sp³-hybridized carbons (Fsp3) is 0.750. The highest BCUT2D eigenvalue weighted by Gasteiger charge is 2.78. The van der Waals surface area contributed by atoms with E-state index in [1.54, 1.807) is 13.8 Å². The minimum absolute atomic E-state index is 0.0536. The molecule has 0 aromatic rings. The van der Waals surface area contributed by atoms with Crippen LogP contribution < -0.4 is 0 Å². The molecule has 2 saturated heterocycles. The van der Waals surface area contributed by atoms with Crippen molar-refractivity contribution in [2.24, 2.45) is 17.3 Å². The molecule has 228 valence electrons. The quantitative estimate of drug-likeness (QED) is 0.198. The predicted molar refractivity (Wildman–Crippen MR) is 135 cm³/mol. The molecule has 11 unspecified atom stereocenters. The average molecular weight is 583 g/mol. The van der Waals surface area contributed by atoms with E-state index in [9.17, 15) is 34.2 Å². The predicted octanol–water partition coefficient (Wildman–Crippen LogP) is 0.512. The highest BCUT2D eigenvalue weighted by molar-refractivity contribution is 5.78. The maximum absolute atomic E-state index is 13.0.